The van der Waals surface area contributed by atoms with Crippen LogP contribution in [0.2, 0.25) is 0 Å². The summed E-state index contributed by atoms with van der Waals surface area (Å²) in [6, 6.07) is 6.53. The summed E-state index contributed by atoms with van der Waals surface area (Å²) >= 11 is 0. The third-order valence-electron chi connectivity index (χ3n) is 2.68. The van der Waals surface area contributed by atoms with Gasteiger partial charge in [0.25, 0.3) is 0 Å². The largest absolute Gasteiger partial charge is 0.490 e. The van der Waals surface area contributed by atoms with Crippen LogP contribution in [0.4, 0.5) is 5.69 Å². The Bertz CT molecular complexity index is 349. The standard InChI is InChI=1S/C12H18N2O/c1-9(13)7-10-3-4-12-11(8-10)14(2)5-6-15-12/h3-4,8-9H,5-7,13H2,1-2H3/t9-/m1/s1. The molecule has 0 spiro atoms. The van der Waals surface area contributed by atoms with Gasteiger partial charge < -0.3 is 15.4 Å². The van der Waals surface area contributed by atoms with Crippen molar-refractivity contribution in [2.75, 3.05) is 25.1 Å². The van der Waals surface area contributed by atoms with Crippen molar-refractivity contribution in [3.63, 3.8) is 0 Å². The number of ether oxygens (including phenoxy) is 1. The Balaban J connectivity index is 2.27. The zero-order valence-corrected chi connectivity index (χ0v) is 9.36. The quantitative estimate of drug-likeness (QED) is 0.795. The molecule has 1 atom stereocenters. The van der Waals surface area contributed by atoms with E-state index in [0.29, 0.717) is 0 Å². The summed E-state index contributed by atoms with van der Waals surface area (Å²) in [5.74, 6) is 0.983. The van der Waals surface area contributed by atoms with E-state index in [4.69, 9.17) is 10.5 Å². The van der Waals surface area contributed by atoms with Gasteiger partial charge in [0.2, 0.25) is 0 Å². The minimum absolute atomic E-state index is 0.206. The van der Waals surface area contributed by atoms with Crippen LogP contribution in [-0.4, -0.2) is 26.2 Å². The lowest BCUT2D eigenvalue weighted by molar-refractivity contribution is 0.311. The molecule has 0 aromatic heterocycles. The van der Waals surface area contributed by atoms with Gasteiger partial charge in [0.05, 0.1) is 12.2 Å². The molecule has 0 unspecified atom stereocenters. The molecular weight excluding hydrogens is 188 g/mol. The van der Waals surface area contributed by atoms with Crippen LogP contribution in [0, 0.1) is 0 Å². The molecule has 15 heavy (non-hydrogen) atoms. The maximum Gasteiger partial charge on any atom is 0.142 e. The highest BCUT2D eigenvalue weighted by molar-refractivity contribution is 5.60. The SMILES string of the molecule is C[C@@H](N)Cc1ccc2c(c1)N(C)CCO2. The van der Waals surface area contributed by atoms with Crippen molar-refractivity contribution in [1.82, 2.24) is 0 Å². The second-order valence-corrected chi connectivity index (χ2v) is 4.25. The van der Waals surface area contributed by atoms with Crippen LogP contribution in [0.3, 0.4) is 0 Å². The number of rotatable bonds is 2. The first-order valence-electron chi connectivity index (χ1n) is 5.39. The number of nitrogens with zero attached hydrogens (tertiary/aromatic N) is 1. The lowest BCUT2D eigenvalue weighted by Gasteiger charge is -2.28. The van der Waals surface area contributed by atoms with Crippen molar-refractivity contribution in [2.45, 2.75) is 19.4 Å². The molecular formula is C12H18N2O. The smallest absolute Gasteiger partial charge is 0.142 e. The molecule has 1 aliphatic rings. The number of anilines is 1. The van der Waals surface area contributed by atoms with E-state index in [2.05, 4.69) is 24.1 Å². The van der Waals surface area contributed by atoms with Gasteiger partial charge in [0.15, 0.2) is 0 Å². The summed E-state index contributed by atoms with van der Waals surface area (Å²) in [6.07, 6.45) is 0.918. The molecule has 0 amide bonds. The molecule has 1 aromatic carbocycles. The van der Waals surface area contributed by atoms with E-state index in [0.717, 1.165) is 25.3 Å². The highest BCUT2D eigenvalue weighted by Gasteiger charge is 2.14. The molecule has 2 N–H and O–H groups in total. The highest BCUT2D eigenvalue weighted by atomic mass is 16.5. The van der Waals surface area contributed by atoms with Crippen LogP contribution in [0.15, 0.2) is 18.2 Å². The molecule has 2 rings (SSSR count). The van der Waals surface area contributed by atoms with E-state index in [1.54, 1.807) is 0 Å². The predicted octanol–water partition coefficient (Wildman–Crippen LogP) is 1.40. The first kappa shape index (κ1) is 10.3. The summed E-state index contributed by atoms with van der Waals surface area (Å²) in [7, 11) is 2.09. The van der Waals surface area contributed by atoms with Crippen LogP contribution in [-0.2, 0) is 6.42 Å². The van der Waals surface area contributed by atoms with Crippen LogP contribution < -0.4 is 15.4 Å². The monoisotopic (exact) mass is 206 g/mol. The number of nitrogens with two attached hydrogens (primary N) is 1. The fraction of sp³-hybridized carbons (Fsp3) is 0.500. The number of fused-ring (bicyclic) bond motifs is 1. The van der Waals surface area contributed by atoms with Crippen molar-refractivity contribution in [3.8, 4) is 5.75 Å². The lowest BCUT2D eigenvalue weighted by atomic mass is 10.1. The predicted molar refractivity (Wildman–Crippen MR) is 62.6 cm³/mol. The summed E-state index contributed by atoms with van der Waals surface area (Å²) in [4.78, 5) is 2.23. The van der Waals surface area contributed by atoms with Gasteiger partial charge in [-0.2, -0.15) is 0 Å². The molecule has 0 fully saturated rings. The molecule has 0 aliphatic carbocycles. The van der Waals surface area contributed by atoms with E-state index in [1.807, 2.05) is 13.0 Å². The fourth-order valence-electron chi connectivity index (χ4n) is 1.90. The molecule has 0 bridgehead atoms. The third-order valence-corrected chi connectivity index (χ3v) is 2.68. The summed E-state index contributed by atoms with van der Waals surface area (Å²) in [6.45, 7) is 3.75. The van der Waals surface area contributed by atoms with Gasteiger partial charge in [-0.15, -0.1) is 0 Å². The maximum absolute atomic E-state index is 5.79. The van der Waals surface area contributed by atoms with Gasteiger partial charge in [-0.1, -0.05) is 6.07 Å². The zero-order valence-electron chi connectivity index (χ0n) is 9.36. The fourth-order valence-corrected chi connectivity index (χ4v) is 1.90. The minimum atomic E-state index is 0.206. The van der Waals surface area contributed by atoms with Crippen molar-refractivity contribution < 1.29 is 4.74 Å². The number of hydrogen-bond acceptors (Lipinski definition) is 3. The summed E-state index contributed by atoms with van der Waals surface area (Å²) < 4.78 is 5.58. The Kier molecular flexibility index (Phi) is 2.82. The molecule has 0 saturated heterocycles. The summed E-state index contributed by atoms with van der Waals surface area (Å²) in [5, 5.41) is 0. The van der Waals surface area contributed by atoms with E-state index >= 15 is 0 Å². The average Bonchev–Trinajstić information content (AvgIpc) is 2.18. The number of hydrogen-bond donors (Lipinski definition) is 1. The van der Waals surface area contributed by atoms with Crippen LogP contribution in [0.1, 0.15) is 12.5 Å². The number of benzene rings is 1. The lowest BCUT2D eigenvalue weighted by Crippen LogP contribution is -2.29. The molecule has 82 valence electrons. The van der Waals surface area contributed by atoms with E-state index in [-0.39, 0.29) is 6.04 Å². The van der Waals surface area contributed by atoms with Gasteiger partial charge in [-0.05, 0) is 31.0 Å². The Morgan fingerprint density at radius 3 is 3.07 bits per heavy atom. The molecule has 3 heteroatoms. The molecule has 0 saturated carbocycles. The van der Waals surface area contributed by atoms with E-state index < -0.39 is 0 Å². The molecule has 1 heterocycles. The van der Waals surface area contributed by atoms with Crippen molar-refractivity contribution >= 4 is 5.69 Å². The zero-order chi connectivity index (χ0) is 10.8. The van der Waals surface area contributed by atoms with E-state index in [9.17, 15) is 0 Å². The number of likely N-dealkylation sites (N-methyl/N-ethyl adjacent to an activating group) is 1. The second kappa shape index (κ2) is 4.11. The normalized spacial score (nSPS) is 16.9. The van der Waals surface area contributed by atoms with Gasteiger partial charge in [0.1, 0.15) is 12.4 Å². The van der Waals surface area contributed by atoms with Crippen LogP contribution >= 0.6 is 0 Å². The van der Waals surface area contributed by atoms with Crippen LogP contribution in [0.5, 0.6) is 5.75 Å². The van der Waals surface area contributed by atoms with Gasteiger partial charge >= 0.3 is 0 Å². The minimum Gasteiger partial charge on any atom is -0.490 e. The topological polar surface area (TPSA) is 38.5 Å². The van der Waals surface area contributed by atoms with Crippen molar-refractivity contribution in [2.24, 2.45) is 5.73 Å². The van der Waals surface area contributed by atoms with Gasteiger partial charge in [-0.25, -0.2) is 0 Å². The van der Waals surface area contributed by atoms with Crippen molar-refractivity contribution in [3.05, 3.63) is 23.8 Å². The Morgan fingerprint density at radius 2 is 2.33 bits per heavy atom. The molecule has 3 nitrogen and oxygen atoms in total. The van der Waals surface area contributed by atoms with Gasteiger partial charge in [0, 0.05) is 13.1 Å². The first-order valence-corrected chi connectivity index (χ1v) is 5.39. The third kappa shape index (κ3) is 2.23. The highest BCUT2D eigenvalue weighted by Crippen LogP contribution is 2.31. The second-order valence-electron chi connectivity index (χ2n) is 4.25. The van der Waals surface area contributed by atoms with E-state index in [1.165, 1.54) is 11.3 Å². The van der Waals surface area contributed by atoms with Crippen LogP contribution in [0.25, 0.3) is 0 Å². The van der Waals surface area contributed by atoms with Gasteiger partial charge in [-0.3, -0.25) is 0 Å². The maximum atomic E-state index is 5.79. The Labute approximate surface area is 90.8 Å². The first-order chi connectivity index (χ1) is 7.16. The van der Waals surface area contributed by atoms with Crippen molar-refractivity contribution in [1.29, 1.82) is 0 Å². The molecule has 0 radical (unpaired) electrons. The summed E-state index contributed by atoms with van der Waals surface area (Å²) in [5.41, 5.74) is 8.25. The average molecular weight is 206 g/mol. The Morgan fingerprint density at radius 1 is 1.53 bits per heavy atom. The molecule has 1 aromatic rings. The molecule has 1 aliphatic heterocycles. The Hall–Kier alpha value is -1.22.